The second-order valence-corrected chi connectivity index (χ2v) is 12.0. The summed E-state index contributed by atoms with van der Waals surface area (Å²) in [5.41, 5.74) is 4.97. The third-order valence-electron chi connectivity index (χ3n) is 9.64. The van der Waals surface area contributed by atoms with Gasteiger partial charge >= 0.3 is 0 Å². The minimum absolute atomic E-state index is 0.877. The normalized spacial score (nSPS) is 12.0. The zero-order valence-electron chi connectivity index (χ0n) is 24.4. The van der Waals surface area contributed by atoms with Crippen LogP contribution in [0.2, 0.25) is 0 Å². The third-order valence-corrected chi connectivity index (χ3v) is 9.64. The van der Waals surface area contributed by atoms with Crippen LogP contribution in [0.25, 0.3) is 86.9 Å². The first-order valence-electron chi connectivity index (χ1n) is 15.5. The smallest absolute Gasteiger partial charge is 0.135 e. The molecule has 0 aliphatic heterocycles. The summed E-state index contributed by atoms with van der Waals surface area (Å²) in [5.74, 6) is 1.75. The van der Waals surface area contributed by atoms with Crippen molar-refractivity contribution in [1.29, 1.82) is 0 Å². The lowest BCUT2D eigenvalue weighted by Gasteiger charge is -2.18. The second kappa shape index (κ2) is 9.29. The summed E-state index contributed by atoms with van der Waals surface area (Å²) in [6.45, 7) is 0. The highest BCUT2D eigenvalue weighted by Gasteiger charge is 2.18. The third kappa shape index (κ3) is 3.56. The first-order chi connectivity index (χ1) is 22.3. The Morgan fingerprint density at radius 1 is 0.267 bits per heavy atom. The molecule has 0 aliphatic rings. The van der Waals surface area contributed by atoms with Gasteiger partial charge in [0.15, 0.2) is 0 Å². The van der Waals surface area contributed by atoms with Crippen molar-refractivity contribution in [2.24, 2.45) is 0 Å². The monoisotopic (exact) mass is 570 g/mol. The Hall–Kier alpha value is -5.92. The SMILES string of the molecule is c1ccc(-c2ccc3ccc4c(Oc5ccc6ccc7c(-c8ccccc8)ccc8ccc5c6c87)ccc5ccc2c3c54)cc1. The van der Waals surface area contributed by atoms with Gasteiger partial charge in [-0.25, -0.2) is 0 Å². The zero-order valence-corrected chi connectivity index (χ0v) is 24.4. The maximum absolute atomic E-state index is 6.92. The van der Waals surface area contributed by atoms with E-state index in [0.717, 1.165) is 22.3 Å². The van der Waals surface area contributed by atoms with Gasteiger partial charge in [-0.2, -0.15) is 0 Å². The highest BCUT2D eigenvalue weighted by atomic mass is 16.5. The van der Waals surface area contributed by atoms with E-state index >= 15 is 0 Å². The van der Waals surface area contributed by atoms with E-state index in [-0.39, 0.29) is 0 Å². The fourth-order valence-electron chi connectivity index (χ4n) is 7.58. The van der Waals surface area contributed by atoms with Crippen molar-refractivity contribution in [2.75, 3.05) is 0 Å². The molecule has 0 heterocycles. The van der Waals surface area contributed by atoms with Crippen molar-refractivity contribution in [1.82, 2.24) is 0 Å². The van der Waals surface area contributed by atoms with E-state index in [1.165, 1.54) is 76.1 Å². The lowest BCUT2D eigenvalue weighted by atomic mass is 9.89. The molecule has 45 heavy (non-hydrogen) atoms. The largest absolute Gasteiger partial charge is 0.456 e. The minimum atomic E-state index is 0.877. The van der Waals surface area contributed by atoms with Gasteiger partial charge in [0, 0.05) is 21.5 Å². The Balaban J connectivity index is 1.18. The molecule has 0 amide bonds. The van der Waals surface area contributed by atoms with Gasteiger partial charge in [0.25, 0.3) is 0 Å². The molecule has 0 radical (unpaired) electrons. The molecule has 0 bridgehead atoms. The molecule has 10 aromatic carbocycles. The van der Waals surface area contributed by atoms with Gasteiger partial charge in [-0.1, -0.05) is 133 Å². The average Bonchev–Trinajstić information content (AvgIpc) is 3.11. The molecule has 10 aromatic rings. The fraction of sp³-hybridized carbons (Fsp3) is 0. The van der Waals surface area contributed by atoms with Crippen molar-refractivity contribution in [3.8, 4) is 33.8 Å². The van der Waals surface area contributed by atoms with E-state index in [4.69, 9.17) is 4.74 Å². The molecule has 0 aromatic heterocycles. The molecule has 10 rings (SSSR count). The lowest BCUT2D eigenvalue weighted by Crippen LogP contribution is -1.92. The van der Waals surface area contributed by atoms with E-state index in [1.54, 1.807) is 0 Å². The Morgan fingerprint density at radius 3 is 1.02 bits per heavy atom. The molecule has 208 valence electrons. The van der Waals surface area contributed by atoms with Gasteiger partial charge < -0.3 is 4.74 Å². The van der Waals surface area contributed by atoms with Crippen LogP contribution in [0.1, 0.15) is 0 Å². The fourth-order valence-corrected chi connectivity index (χ4v) is 7.58. The van der Waals surface area contributed by atoms with E-state index in [9.17, 15) is 0 Å². The second-order valence-electron chi connectivity index (χ2n) is 12.0. The molecular formula is C44H26O. The maximum Gasteiger partial charge on any atom is 0.135 e. The van der Waals surface area contributed by atoms with Crippen LogP contribution in [-0.4, -0.2) is 0 Å². The average molecular weight is 571 g/mol. The van der Waals surface area contributed by atoms with Crippen LogP contribution in [0.3, 0.4) is 0 Å². The first-order valence-corrected chi connectivity index (χ1v) is 15.5. The summed E-state index contributed by atoms with van der Waals surface area (Å²) in [5, 5.41) is 14.8. The van der Waals surface area contributed by atoms with Crippen LogP contribution in [0, 0.1) is 0 Å². The molecule has 0 fully saturated rings. The highest BCUT2D eigenvalue weighted by molar-refractivity contribution is 6.28. The maximum atomic E-state index is 6.92. The molecule has 0 saturated carbocycles. The van der Waals surface area contributed by atoms with Crippen molar-refractivity contribution in [3.63, 3.8) is 0 Å². The van der Waals surface area contributed by atoms with E-state index in [1.807, 2.05) is 0 Å². The number of rotatable bonds is 4. The van der Waals surface area contributed by atoms with Crippen LogP contribution in [-0.2, 0) is 0 Å². The molecule has 0 N–H and O–H groups in total. The van der Waals surface area contributed by atoms with Crippen LogP contribution >= 0.6 is 0 Å². The van der Waals surface area contributed by atoms with Crippen molar-refractivity contribution < 1.29 is 4.74 Å². The minimum Gasteiger partial charge on any atom is -0.456 e. The first kappa shape index (κ1) is 24.5. The van der Waals surface area contributed by atoms with E-state index < -0.39 is 0 Å². The molecule has 0 unspecified atom stereocenters. The van der Waals surface area contributed by atoms with E-state index in [2.05, 4.69) is 158 Å². The van der Waals surface area contributed by atoms with Gasteiger partial charge in [-0.15, -0.1) is 0 Å². The molecule has 1 heteroatoms. The molecular weight excluding hydrogens is 544 g/mol. The number of hydrogen-bond donors (Lipinski definition) is 0. The number of benzene rings is 10. The van der Waals surface area contributed by atoms with Gasteiger partial charge in [-0.3, -0.25) is 0 Å². The molecule has 0 atom stereocenters. The van der Waals surface area contributed by atoms with Crippen LogP contribution in [0.4, 0.5) is 0 Å². The van der Waals surface area contributed by atoms with Gasteiger partial charge in [0.05, 0.1) is 0 Å². The van der Waals surface area contributed by atoms with Crippen LogP contribution < -0.4 is 4.74 Å². The predicted octanol–water partition coefficient (Wildman–Crippen LogP) is 12.6. The Labute approximate surface area is 260 Å². The summed E-state index contributed by atoms with van der Waals surface area (Å²) >= 11 is 0. The van der Waals surface area contributed by atoms with Gasteiger partial charge in [0.2, 0.25) is 0 Å². The predicted molar refractivity (Wildman–Crippen MR) is 191 cm³/mol. The van der Waals surface area contributed by atoms with Gasteiger partial charge in [0.1, 0.15) is 11.5 Å². The van der Waals surface area contributed by atoms with Crippen molar-refractivity contribution >= 4 is 64.6 Å². The Bertz CT molecular complexity index is 2520. The number of hydrogen-bond acceptors (Lipinski definition) is 1. The van der Waals surface area contributed by atoms with Crippen LogP contribution in [0.15, 0.2) is 158 Å². The zero-order chi connectivity index (χ0) is 29.5. The summed E-state index contributed by atoms with van der Waals surface area (Å²) in [6, 6.07) is 57.0. The van der Waals surface area contributed by atoms with Crippen LogP contribution in [0.5, 0.6) is 11.5 Å². The number of ether oxygens (including phenoxy) is 1. The molecule has 1 nitrogen and oxygen atoms in total. The van der Waals surface area contributed by atoms with E-state index in [0.29, 0.717) is 0 Å². The lowest BCUT2D eigenvalue weighted by molar-refractivity contribution is 0.494. The highest BCUT2D eigenvalue weighted by Crippen LogP contribution is 2.46. The topological polar surface area (TPSA) is 9.23 Å². The summed E-state index contributed by atoms with van der Waals surface area (Å²) in [7, 11) is 0. The molecule has 0 saturated heterocycles. The Kier molecular flexibility index (Phi) is 5.06. The quantitative estimate of drug-likeness (QED) is 0.191. The summed E-state index contributed by atoms with van der Waals surface area (Å²) in [6.07, 6.45) is 0. The molecule has 0 spiro atoms. The van der Waals surface area contributed by atoms with Crippen molar-refractivity contribution in [3.05, 3.63) is 158 Å². The summed E-state index contributed by atoms with van der Waals surface area (Å²) in [4.78, 5) is 0. The standard InChI is InChI=1S/C44H26O/c1-3-7-27(8-4-1)33-19-11-29-15-23-37-39(25-17-31-13-21-35(33)41(29)43(31)37)45-40-26-18-32-14-22-36-34(28-9-5-2-6-10-28)20-12-30-16-24-38(40)44(32)42(30)36/h1-26H. The van der Waals surface area contributed by atoms with Crippen molar-refractivity contribution in [2.45, 2.75) is 0 Å². The molecule has 0 aliphatic carbocycles. The Morgan fingerprint density at radius 2 is 0.600 bits per heavy atom. The summed E-state index contributed by atoms with van der Waals surface area (Å²) < 4.78 is 6.92. The van der Waals surface area contributed by atoms with Gasteiger partial charge in [-0.05, 0) is 89.6 Å².